The number of amides is 11. The number of nitrogens with one attached hydrogen (secondary N) is 9. The molecule has 0 saturated carbocycles. The lowest BCUT2D eigenvalue weighted by molar-refractivity contribution is -0.142. The van der Waals surface area contributed by atoms with Crippen LogP contribution in [-0.2, 0) is 59.2 Å². The highest BCUT2D eigenvalue weighted by Crippen LogP contribution is 2.44. The first-order chi connectivity index (χ1) is 45.5. The van der Waals surface area contributed by atoms with E-state index in [1.165, 1.54) is 16.7 Å². The number of rotatable bonds is 35. The van der Waals surface area contributed by atoms with Crippen molar-refractivity contribution in [1.29, 1.82) is 0 Å². The number of hydrazine groups is 1. The molecule has 1 fully saturated rings. The van der Waals surface area contributed by atoms with Gasteiger partial charge in [-0.1, -0.05) is 122 Å². The molecular weight excluding hydrogens is 1230 g/mol. The van der Waals surface area contributed by atoms with Crippen LogP contribution in [0.2, 0.25) is 0 Å². The summed E-state index contributed by atoms with van der Waals surface area (Å²) in [6.45, 7) is 22.3. The number of benzene rings is 3. The van der Waals surface area contributed by atoms with Gasteiger partial charge in [0.25, 0.3) is 5.91 Å². The Morgan fingerprint density at radius 1 is 0.562 bits per heavy atom. The van der Waals surface area contributed by atoms with Gasteiger partial charge in [-0.15, -0.1) is 0 Å². The van der Waals surface area contributed by atoms with E-state index in [9.17, 15) is 52.7 Å². The summed E-state index contributed by atoms with van der Waals surface area (Å²) in [6, 6.07) is 17.7. The molecule has 0 unspecified atom stereocenters. The van der Waals surface area contributed by atoms with E-state index >= 15 is 0 Å². The van der Waals surface area contributed by atoms with E-state index in [-0.39, 0.29) is 93.9 Å². The number of ether oxygens (including phenoxy) is 3. The molecule has 0 bridgehead atoms. The Balaban J connectivity index is 1.09. The summed E-state index contributed by atoms with van der Waals surface area (Å²) in [5.41, 5.74) is 9.57. The van der Waals surface area contributed by atoms with Gasteiger partial charge >= 0.3 is 18.3 Å². The fraction of sp³-hybridized carbons (Fsp3) is 0.592. The van der Waals surface area contributed by atoms with Crippen molar-refractivity contribution in [3.05, 3.63) is 89.5 Å². The van der Waals surface area contributed by atoms with Crippen molar-refractivity contribution in [2.75, 3.05) is 44.6 Å². The van der Waals surface area contributed by atoms with Gasteiger partial charge in [0, 0.05) is 51.1 Å². The highest BCUT2D eigenvalue weighted by molar-refractivity contribution is 5.99. The van der Waals surface area contributed by atoms with Gasteiger partial charge in [-0.05, 0) is 149 Å². The zero-order chi connectivity index (χ0) is 70.6. The summed E-state index contributed by atoms with van der Waals surface area (Å²) in [6.07, 6.45) is 2.57. The largest absolute Gasteiger partial charge is 0.449 e. The van der Waals surface area contributed by atoms with Crippen molar-refractivity contribution >= 4 is 71.2 Å². The molecule has 2 aliphatic rings. The number of alkyl carbamates (subject to hydrolysis) is 3. The van der Waals surface area contributed by atoms with E-state index in [0.717, 1.165) is 22.3 Å². The molecule has 1 aliphatic carbocycles. The smallest absolute Gasteiger partial charge is 0.408 e. The molecule has 5 atom stereocenters. The van der Waals surface area contributed by atoms with Crippen LogP contribution in [-0.4, -0.2) is 150 Å². The minimum absolute atomic E-state index is 0.0234. The van der Waals surface area contributed by atoms with Gasteiger partial charge in [0.1, 0.15) is 49.0 Å². The topological polar surface area (TPSA) is 330 Å². The average Bonchev–Trinajstić information content (AvgIpc) is 1.62. The SMILES string of the molecule is CC(=O)N1CCC[C@H]1C(=O)N[C@@H](CC(C)C)C(=O)N(CCCCNC(=O)OC(C)(C)C)CC(=O)N[C@@H](CC(C)C)C(=O)N[C@@H](CC(C)C)C(=O)Nc1ccc(COC(=O)N[C@H](CC(C)C)C(=O)NNC(=O)CCCCCNC(=O)OCC2c3ccccc3-c3ccccc32)cc1. The molecule has 0 spiro atoms. The molecule has 96 heavy (non-hydrogen) atoms. The average molecular weight is 1340 g/mol. The number of carbonyl (C=O) groups is 11. The van der Waals surface area contributed by atoms with E-state index in [1.807, 2.05) is 79.7 Å². The highest BCUT2D eigenvalue weighted by Gasteiger charge is 2.37. The number of nitrogens with zero attached hydrogens (tertiary/aromatic N) is 2. The van der Waals surface area contributed by atoms with Gasteiger partial charge in [0.15, 0.2) is 0 Å². The quantitative estimate of drug-likeness (QED) is 0.0152. The Bertz CT molecular complexity index is 3070. The lowest BCUT2D eigenvalue weighted by Crippen LogP contribution is -2.57. The molecule has 1 aliphatic heterocycles. The third kappa shape index (κ3) is 26.8. The first-order valence-electron chi connectivity index (χ1n) is 33.9. The lowest BCUT2D eigenvalue weighted by atomic mass is 9.98. The first-order valence-corrected chi connectivity index (χ1v) is 33.9. The molecule has 1 heterocycles. The zero-order valence-corrected chi connectivity index (χ0v) is 58.2. The molecule has 3 aromatic carbocycles. The number of anilines is 1. The Hall–Kier alpha value is -8.77. The number of hydrogen-bond donors (Lipinski definition) is 9. The number of unbranched alkanes of at least 4 members (excludes halogenated alkanes) is 3. The fourth-order valence-corrected chi connectivity index (χ4v) is 11.5. The number of likely N-dealkylation sites (tertiary alicyclic amines) is 1. The second-order valence-electron chi connectivity index (χ2n) is 27.6. The molecule has 0 aromatic heterocycles. The van der Waals surface area contributed by atoms with Gasteiger partial charge in [-0.3, -0.25) is 49.2 Å². The molecule has 1 saturated heterocycles. The predicted molar refractivity (Wildman–Crippen MR) is 364 cm³/mol. The van der Waals surface area contributed by atoms with Crippen molar-refractivity contribution in [2.45, 2.75) is 208 Å². The standard InChI is InChI=1S/C71H105N11O14/c1-44(2)37-56(75-62(85)41-81(35-21-20-34-73-69(92)96-71(10,11)12)67(90)59(40-47(7)8)77-66(89)60-27-22-36-82(60)48(9)83)64(87)76-57(38-45(3)4)63(86)74-50-31-29-49(30-32-50)42-94-70(93)78-58(39-46(5)6)65(88)80-79-61(84)28-14-13-19-33-72-68(91)95-43-55-53-25-17-15-23-51(53)52-24-16-18-26-54(52)55/h15-18,23-26,29-32,44-47,55-60H,13-14,19-22,27-28,33-43H2,1-12H3,(H,72,91)(H,73,92)(H,74,86)(H,75,85)(H,76,87)(H,77,89)(H,78,93)(H,79,84)(H,80,88)/t56-,57-,58+,59-,60-/m0/s1. The first kappa shape index (κ1) is 77.9. The van der Waals surface area contributed by atoms with E-state index < -0.39 is 102 Å². The third-order valence-corrected chi connectivity index (χ3v) is 16.1. The number of carbonyl (C=O) groups excluding carboxylic acids is 11. The van der Waals surface area contributed by atoms with Crippen molar-refractivity contribution in [2.24, 2.45) is 23.7 Å². The summed E-state index contributed by atoms with van der Waals surface area (Å²) >= 11 is 0. The summed E-state index contributed by atoms with van der Waals surface area (Å²) in [4.78, 5) is 150. The van der Waals surface area contributed by atoms with Crippen LogP contribution in [0.3, 0.4) is 0 Å². The lowest BCUT2D eigenvalue weighted by Gasteiger charge is -2.31. The monoisotopic (exact) mass is 1340 g/mol. The highest BCUT2D eigenvalue weighted by atomic mass is 16.6. The predicted octanol–water partition coefficient (Wildman–Crippen LogP) is 8.25. The van der Waals surface area contributed by atoms with Crippen LogP contribution in [0.15, 0.2) is 72.8 Å². The van der Waals surface area contributed by atoms with Crippen molar-refractivity contribution < 1.29 is 67.0 Å². The molecule has 25 heteroatoms. The maximum absolute atomic E-state index is 14.6. The molecule has 5 rings (SSSR count). The third-order valence-electron chi connectivity index (χ3n) is 16.1. The van der Waals surface area contributed by atoms with Crippen LogP contribution in [0.5, 0.6) is 0 Å². The van der Waals surface area contributed by atoms with Crippen LogP contribution in [0.1, 0.15) is 183 Å². The van der Waals surface area contributed by atoms with E-state index in [0.29, 0.717) is 69.3 Å². The van der Waals surface area contributed by atoms with Crippen LogP contribution < -0.4 is 48.1 Å². The minimum atomic E-state index is -1.12. The van der Waals surface area contributed by atoms with Gasteiger partial charge in [0.2, 0.25) is 41.4 Å². The van der Waals surface area contributed by atoms with Crippen LogP contribution in [0.4, 0.5) is 20.1 Å². The zero-order valence-electron chi connectivity index (χ0n) is 58.2. The normalized spacial score (nSPS) is 14.7. The second-order valence-corrected chi connectivity index (χ2v) is 27.6. The Labute approximate surface area is 565 Å². The molecular formula is C71H105N11O14. The van der Waals surface area contributed by atoms with Gasteiger partial charge < -0.3 is 61.2 Å². The fourth-order valence-electron chi connectivity index (χ4n) is 11.5. The second kappa shape index (κ2) is 38.7. The molecule has 11 amide bonds. The van der Waals surface area contributed by atoms with E-state index in [1.54, 1.807) is 45.0 Å². The minimum Gasteiger partial charge on any atom is -0.449 e. The molecule has 25 nitrogen and oxygen atoms in total. The maximum Gasteiger partial charge on any atom is 0.408 e. The Morgan fingerprint density at radius 2 is 1.11 bits per heavy atom. The van der Waals surface area contributed by atoms with E-state index in [4.69, 9.17) is 14.2 Å². The summed E-state index contributed by atoms with van der Waals surface area (Å²) in [5.74, 6) is -4.40. The Morgan fingerprint density at radius 3 is 1.70 bits per heavy atom. The summed E-state index contributed by atoms with van der Waals surface area (Å²) < 4.78 is 16.4. The summed E-state index contributed by atoms with van der Waals surface area (Å²) in [5, 5.41) is 19.5. The Kier molecular flexibility index (Phi) is 31.4. The van der Waals surface area contributed by atoms with Crippen LogP contribution in [0.25, 0.3) is 11.1 Å². The van der Waals surface area contributed by atoms with Crippen LogP contribution in [0, 0.1) is 23.7 Å². The van der Waals surface area contributed by atoms with Gasteiger partial charge in [0.05, 0.1) is 6.54 Å². The van der Waals surface area contributed by atoms with Crippen LogP contribution >= 0.6 is 0 Å². The molecule has 3 aromatic rings. The van der Waals surface area contributed by atoms with Crippen molar-refractivity contribution in [3.8, 4) is 11.1 Å². The van der Waals surface area contributed by atoms with Gasteiger partial charge in [-0.2, -0.15) is 0 Å². The van der Waals surface area contributed by atoms with Crippen molar-refractivity contribution in [3.63, 3.8) is 0 Å². The van der Waals surface area contributed by atoms with Crippen molar-refractivity contribution in [1.82, 2.24) is 52.6 Å². The maximum atomic E-state index is 14.6. The van der Waals surface area contributed by atoms with Gasteiger partial charge in [-0.25, -0.2) is 14.4 Å². The molecule has 9 N–H and O–H groups in total. The number of hydrogen-bond acceptors (Lipinski definition) is 14. The molecule has 528 valence electrons. The van der Waals surface area contributed by atoms with E-state index in [2.05, 4.69) is 72.3 Å². The molecule has 0 radical (unpaired) electrons. The number of fused-ring (bicyclic) bond motifs is 3. The summed E-state index contributed by atoms with van der Waals surface area (Å²) in [7, 11) is 0.